The smallest absolute Gasteiger partial charge is 0.445 e. The van der Waals surface area contributed by atoms with Crippen molar-refractivity contribution in [1.29, 1.82) is 0 Å². The number of carbonyl (C=O) groups is 2. The van der Waals surface area contributed by atoms with E-state index in [9.17, 15) is 27.6 Å². The van der Waals surface area contributed by atoms with Crippen LogP contribution in [0.3, 0.4) is 0 Å². The molecule has 2 amide bonds. The van der Waals surface area contributed by atoms with Gasteiger partial charge in [-0.3, -0.25) is 9.59 Å². The van der Waals surface area contributed by atoms with Gasteiger partial charge in [0.2, 0.25) is 0 Å². The molecule has 0 spiro atoms. The van der Waals surface area contributed by atoms with Crippen LogP contribution in [0.25, 0.3) is 0 Å². The predicted molar refractivity (Wildman–Crippen MR) is 105 cm³/mol. The monoisotopic (exact) mass is 405 g/mol. The van der Waals surface area contributed by atoms with E-state index in [0.29, 0.717) is 24.3 Å². The number of rotatable bonds is 5. The summed E-state index contributed by atoms with van der Waals surface area (Å²) >= 11 is 0. The lowest BCUT2D eigenvalue weighted by Gasteiger charge is -2.32. The second kappa shape index (κ2) is 8.69. The van der Waals surface area contributed by atoms with Crippen LogP contribution in [0.1, 0.15) is 33.6 Å². The first kappa shape index (κ1) is 20.9. The summed E-state index contributed by atoms with van der Waals surface area (Å²) in [7, 11) is 0. The van der Waals surface area contributed by atoms with Gasteiger partial charge in [0.1, 0.15) is 0 Å². The Labute approximate surface area is 166 Å². The van der Waals surface area contributed by atoms with E-state index in [1.54, 1.807) is 23.1 Å². The van der Waals surface area contributed by atoms with Crippen molar-refractivity contribution in [1.82, 2.24) is 4.90 Å². The molecule has 1 atom stereocenters. The van der Waals surface area contributed by atoms with Gasteiger partial charge in [-0.05, 0) is 43.0 Å². The SMILES string of the molecule is O=C(Nc1cccc(C(=O)N2CCCC(CO)C2)c1)c1cccc([B-](F)(F)F)c1. The molecule has 9 heteroatoms. The summed E-state index contributed by atoms with van der Waals surface area (Å²) in [5.74, 6) is -0.839. The Morgan fingerprint density at radius 1 is 1.10 bits per heavy atom. The number of hydrogen-bond acceptors (Lipinski definition) is 3. The van der Waals surface area contributed by atoms with Gasteiger partial charge in [-0.2, -0.15) is 0 Å². The molecule has 2 aromatic rings. The number of amides is 2. The van der Waals surface area contributed by atoms with Crippen LogP contribution in [-0.2, 0) is 0 Å². The van der Waals surface area contributed by atoms with E-state index >= 15 is 0 Å². The Bertz CT molecular complexity index is 905. The molecule has 29 heavy (non-hydrogen) atoms. The zero-order valence-electron chi connectivity index (χ0n) is 15.7. The quantitative estimate of drug-likeness (QED) is 0.752. The second-order valence-corrected chi connectivity index (χ2v) is 7.18. The molecule has 1 aliphatic rings. The van der Waals surface area contributed by atoms with Gasteiger partial charge in [0.05, 0.1) is 0 Å². The molecular weight excluding hydrogens is 384 g/mol. The summed E-state index contributed by atoms with van der Waals surface area (Å²) < 4.78 is 38.7. The van der Waals surface area contributed by atoms with E-state index in [1.807, 2.05) is 0 Å². The molecular formula is C20H21BF3N2O3-. The van der Waals surface area contributed by atoms with Crippen molar-refractivity contribution >= 4 is 29.9 Å². The highest BCUT2D eigenvalue weighted by atomic mass is 19.4. The Morgan fingerprint density at radius 2 is 1.83 bits per heavy atom. The zero-order valence-corrected chi connectivity index (χ0v) is 15.7. The molecule has 1 fully saturated rings. The van der Waals surface area contributed by atoms with Crippen LogP contribution in [0.5, 0.6) is 0 Å². The normalized spacial score (nSPS) is 17.1. The highest BCUT2D eigenvalue weighted by molar-refractivity contribution is 6.73. The number of piperidine rings is 1. The third-order valence-electron chi connectivity index (χ3n) is 4.96. The molecule has 3 rings (SSSR count). The third kappa shape index (κ3) is 5.17. The predicted octanol–water partition coefficient (Wildman–Crippen LogP) is 2.84. The van der Waals surface area contributed by atoms with Gasteiger partial charge in [0, 0.05) is 36.5 Å². The molecule has 1 aliphatic heterocycles. The summed E-state index contributed by atoms with van der Waals surface area (Å²) in [6, 6.07) is 10.5. The Kier molecular flexibility index (Phi) is 6.27. The Balaban J connectivity index is 1.73. The van der Waals surface area contributed by atoms with Crippen LogP contribution in [-0.4, -0.2) is 48.5 Å². The number of halogens is 3. The van der Waals surface area contributed by atoms with Crippen molar-refractivity contribution in [3.05, 3.63) is 59.7 Å². The molecule has 0 bridgehead atoms. The molecule has 2 N–H and O–H groups in total. The van der Waals surface area contributed by atoms with Gasteiger partial charge < -0.3 is 28.3 Å². The zero-order chi connectivity index (χ0) is 21.0. The van der Waals surface area contributed by atoms with E-state index in [1.165, 1.54) is 18.2 Å². The van der Waals surface area contributed by atoms with E-state index in [0.717, 1.165) is 25.0 Å². The van der Waals surface area contributed by atoms with Gasteiger partial charge in [-0.15, -0.1) is 5.46 Å². The van der Waals surface area contributed by atoms with Crippen LogP contribution >= 0.6 is 0 Å². The third-order valence-corrected chi connectivity index (χ3v) is 4.96. The van der Waals surface area contributed by atoms with Gasteiger partial charge in [0.25, 0.3) is 11.8 Å². The first-order valence-electron chi connectivity index (χ1n) is 9.39. The highest BCUT2D eigenvalue weighted by Crippen LogP contribution is 2.20. The second-order valence-electron chi connectivity index (χ2n) is 7.18. The van der Waals surface area contributed by atoms with Crippen molar-refractivity contribution < 1.29 is 27.6 Å². The lowest BCUT2D eigenvalue weighted by Crippen LogP contribution is -2.40. The summed E-state index contributed by atoms with van der Waals surface area (Å²) in [5.41, 5.74) is -0.265. The maximum atomic E-state index is 12.9. The minimum atomic E-state index is -5.20. The fourth-order valence-corrected chi connectivity index (χ4v) is 3.40. The maximum Gasteiger partial charge on any atom is 0.509 e. The molecule has 1 unspecified atom stereocenters. The van der Waals surface area contributed by atoms with Crippen molar-refractivity contribution in [3.8, 4) is 0 Å². The minimum absolute atomic E-state index is 0.0259. The minimum Gasteiger partial charge on any atom is -0.445 e. The molecule has 0 radical (unpaired) electrons. The molecule has 2 aromatic carbocycles. The largest absolute Gasteiger partial charge is 0.509 e. The fourth-order valence-electron chi connectivity index (χ4n) is 3.40. The molecule has 0 saturated carbocycles. The van der Waals surface area contributed by atoms with Gasteiger partial charge in [-0.25, -0.2) is 0 Å². The number of aliphatic hydroxyl groups is 1. The van der Waals surface area contributed by atoms with E-state index < -0.39 is 18.3 Å². The number of anilines is 1. The molecule has 0 aromatic heterocycles. The summed E-state index contributed by atoms with van der Waals surface area (Å²) in [6.45, 7) is -4.11. The average molecular weight is 405 g/mol. The lowest BCUT2D eigenvalue weighted by molar-refractivity contribution is 0.0620. The van der Waals surface area contributed by atoms with Crippen LogP contribution in [0.4, 0.5) is 18.6 Å². The van der Waals surface area contributed by atoms with Crippen LogP contribution < -0.4 is 10.8 Å². The summed E-state index contributed by atoms with van der Waals surface area (Å²) in [5, 5.41) is 11.9. The number of aliphatic hydroxyl groups excluding tert-OH is 1. The van der Waals surface area contributed by atoms with Gasteiger partial charge in [0.15, 0.2) is 0 Å². The summed E-state index contributed by atoms with van der Waals surface area (Å²) in [4.78, 5) is 26.8. The number of benzene rings is 2. The Hall–Kier alpha value is -2.81. The first-order chi connectivity index (χ1) is 13.8. The topological polar surface area (TPSA) is 69.6 Å². The number of likely N-dealkylation sites (tertiary alicyclic amines) is 1. The molecule has 154 valence electrons. The summed E-state index contributed by atoms with van der Waals surface area (Å²) in [6.07, 6.45) is 1.68. The lowest BCUT2D eigenvalue weighted by atomic mass is 9.79. The molecule has 1 heterocycles. The van der Waals surface area contributed by atoms with Crippen LogP contribution in [0.15, 0.2) is 48.5 Å². The maximum absolute atomic E-state index is 12.9. The molecule has 5 nitrogen and oxygen atoms in total. The number of carbonyl (C=O) groups excluding carboxylic acids is 2. The van der Waals surface area contributed by atoms with Crippen LogP contribution in [0.2, 0.25) is 0 Å². The number of nitrogens with zero attached hydrogens (tertiary/aromatic N) is 1. The fraction of sp³-hybridized carbons (Fsp3) is 0.300. The van der Waals surface area contributed by atoms with Crippen molar-refractivity contribution in [2.45, 2.75) is 12.8 Å². The Morgan fingerprint density at radius 3 is 2.55 bits per heavy atom. The van der Waals surface area contributed by atoms with Gasteiger partial charge in [-0.1, -0.05) is 24.3 Å². The van der Waals surface area contributed by atoms with Crippen molar-refractivity contribution in [2.24, 2.45) is 5.92 Å². The number of nitrogens with one attached hydrogen (secondary N) is 1. The van der Waals surface area contributed by atoms with Crippen molar-refractivity contribution in [3.63, 3.8) is 0 Å². The molecule has 0 aliphatic carbocycles. The molecule has 1 saturated heterocycles. The first-order valence-corrected chi connectivity index (χ1v) is 9.39. The van der Waals surface area contributed by atoms with Gasteiger partial charge >= 0.3 is 6.98 Å². The number of hydrogen-bond donors (Lipinski definition) is 2. The highest BCUT2D eigenvalue weighted by Gasteiger charge is 2.26. The van der Waals surface area contributed by atoms with E-state index in [-0.39, 0.29) is 24.0 Å². The average Bonchev–Trinajstić information content (AvgIpc) is 2.73. The van der Waals surface area contributed by atoms with E-state index in [4.69, 9.17) is 0 Å². The van der Waals surface area contributed by atoms with Crippen LogP contribution in [0, 0.1) is 5.92 Å². The van der Waals surface area contributed by atoms with Crippen molar-refractivity contribution in [2.75, 3.05) is 25.0 Å². The standard InChI is InChI=1S/C20H21BF3N2O3/c22-21(23,24)17-7-1-5-15(10-17)19(28)25-18-8-2-6-16(11-18)20(29)26-9-3-4-14(12-26)13-27/h1-2,5-8,10-11,14,27H,3-4,9,12-13H2,(H,25,28)/q-1. The van der Waals surface area contributed by atoms with E-state index in [2.05, 4.69) is 5.32 Å².